The average molecular weight is 469 g/mol. The Morgan fingerprint density at radius 1 is 0.694 bits per heavy atom. The predicted molar refractivity (Wildman–Crippen MR) is 130 cm³/mol. The third-order valence-electron chi connectivity index (χ3n) is 6.38. The Labute approximate surface area is 199 Å². The van der Waals surface area contributed by atoms with Gasteiger partial charge in [-0.25, -0.2) is 23.7 Å². The quantitative estimate of drug-likeness (QED) is 0.134. The summed E-state index contributed by atoms with van der Waals surface area (Å²) in [4.78, 5) is 21.3. The first-order chi connectivity index (χ1) is 17.6. The van der Waals surface area contributed by atoms with Crippen LogP contribution < -0.4 is 10.7 Å². The van der Waals surface area contributed by atoms with Gasteiger partial charge in [-0.05, 0) is 53.9 Å². The van der Waals surface area contributed by atoms with Crippen LogP contribution >= 0.6 is 0 Å². The minimum atomic E-state index is -0.441. The van der Waals surface area contributed by atoms with Gasteiger partial charge in [0.05, 0.1) is 32.7 Å². The second kappa shape index (κ2) is 7.05. The lowest BCUT2D eigenvalue weighted by atomic mass is 10.1. The van der Waals surface area contributed by atoms with Crippen LogP contribution in [-0.2, 0) is 0 Å². The van der Waals surface area contributed by atoms with E-state index in [2.05, 4.69) is 15.0 Å². The second-order valence-electron chi connectivity index (χ2n) is 8.33. The van der Waals surface area contributed by atoms with Gasteiger partial charge in [-0.2, -0.15) is 16.8 Å². The highest BCUT2D eigenvalue weighted by molar-refractivity contribution is 6.14. The third kappa shape index (κ3) is 2.65. The van der Waals surface area contributed by atoms with E-state index in [0.717, 1.165) is 16.2 Å². The largest absolute Gasteiger partial charge is 0.245 e. The maximum absolute atomic E-state index is 14.0. The first-order valence-electron chi connectivity index (χ1n) is 10.7. The summed E-state index contributed by atoms with van der Waals surface area (Å²) in [5.41, 5.74) is 3.12. The molecule has 166 valence electrons. The van der Waals surface area contributed by atoms with Crippen LogP contribution in [0.15, 0.2) is 64.7 Å². The van der Waals surface area contributed by atoms with Gasteiger partial charge in [0.1, 0.15) is 22.5 Å². The zero-order chi connectivity index (χ0) is 24.6. The number of hydrogen-bond donors (Lipinski definition) is 0. The van der Waals surface area contributed by atoms with Gasteiger partial charge in [0.2, 0.25) is 6.19 Å². The predicted octanol–water partition coefficient (Wildman–Crippen LogP) is 5.06. The molecule has 0 aliphatic carbocycles. The van der Waals surface area contributed by atoms with Crippen molar-refractivity contribution < 1.29 is 8.78 Å². The van der Waals surface area contributed by atoms with Gasteiger partial charge in [-0.1, -0.05) is 6.07 Å². The molecular formula is C27H9F2N7. The number of fused-ring (bicyclic) bond motifs is 8. The Bertz CT molecular complexity index is 2150. The Balaban J connectivity index is 1.63. The lowest BCUT2D eigenvalue weighted by Gasteiger charge is -2.03. The molecule has 0 fully saturated rings. The standard InChI is InChI=1S/C27H9F2N7/c1-31-36-26-19-9-14(29)3-5-16(19)24-27(26)35-21-7-12-6-17-15-4-2-13(28)8-18(15)23(32-11-30)25(17)33-20(12)10-22(21)34-24/h2-10H/b32-23?,36-26+. The van der Waals surface area contributed by atoms with Crippen LogP contribution in [0.5, 0.6) is 0 Å². The number of benzene rings is 3. The van der Waals surface area contributed by atoms with E-state index in [0.29, 0.717) is 54.6 Å². The van der Waals surface area contributed by atoms with E-state index in [-0.39, 0.29) is 5.36 Å². The molecule has 0 aliphatic heterocycles. The van der Waals surface area contributed by atoms with Crippen LogP contribution in [0.25, 0.3) is 70.4 Å². The molecule has 2 aromatic heterocycles. The van der Waals surface area contributed by atoms with E-state index in [9.17, 15) is 14.0 Å². The topological polar surface area (TPSA) is 91.5 Å². The highest BCUT2D eigenvalue weighted by Gasteiger charge is 2.17. The molecule has 2 heterocycles. The molecular weight excluding hydrogens is 460 g/mol. The number of halogens is 2. The Morgan fingerprint density at radius 2 is 1.36 bits per heavy atom. The monoisotopic (exact) mass is 469 g/mol. The minimum Gasteiger partial charge on any atom is -0.245 e. The van der Waals surface area contributed by atoms with Gasteiger partial charge < -0.3 is 0 Å². The highest BCUT2D eigenvalue weighted by Crippen LogP contribution is 2.30. The smallest absolute Gasteiger partial charge is 0.206 e. The number of hydrogen-bond acceptors (Lipinski definition) is 6. The van der Waals surface area contributed by atoms with E-state index in [4.69, 9.17) is 21.5 Å². The number of nitrogens with zero attached hydrogens (tertiary/aromatic N) is 7. The summed E-state index contributed by atoms with van der Waals surface area (Å²) in [6.45, 7) is 7.20. The summed E-state index contributed by atoms with van der Waals surface area (Å²) in [6.07, 6.45) is 1.79. The van der Waals surface area contributed by atoms with E-state index < -0.39 is 11.6 Å². The average Bonchev–Trinajstić information content (AvgIpc) is 3.31. The van der Waals surface area contributed by atoms with Gasteiger partial charge in [0.15, 0.2) is 5.36 Å². The van der Waals surface area contributed by atoms with Crippen molar-refractivity contribution >= 4 is 65.4 Å². The van der Waals surface area contributed by atoms with E-state index in [1.54, 1.807) is 24.4 Å². The number of pyridine rings is 1. The molecule has 0 saturated heterocycles. The minimum absolute atomic E-state index is 0.282. The summed E-state index contributed by atoms with van der Waals surface area (Å²) in [6, 6.07) is 14.1. The summed E-state index contributed by atoms with van der Waals surface area (Å²) >= 11 is 0. The highest BCUT2D eigenvalue weighted by atomic mass is 19.1. The first-order valence-corrected chi connectivity index (χ1v) is 10.7. The van der Waals surface area contributed by atoms with Crippen molar-refractivity contribution in [3.8, 4) is 6.19 Å². The lowest BCUT2D eigenvalue weighted by molar-refractivity contribution is 0.629. The number of nitriles is 1. The van der Waals surface area contributed by atoms with Crippen molar-refractivity contribution in [2.75, 3.05) is 0 Å². The summed E-state index contributed by atoms with van der Waals surface area (Å²) < 4.78 is 27.9. The maximum Gasteiger partial charge on any atom is 0.206 e. The molecule has 7 aromatic rings. The molecule has 0 N–H and O–H groups in total. The normalized spacial score (nSPS) is 13.0. The summed E-state index contributed by atoms with van der Waals surface area (Å²) in [5.74, 6) is -0.870. The van der Waals surface area contributed by atoms with Crippen molar-refractivity contribution in [3.63, 3.8) is 0 Å². The third-order valence-corrected chi connectivity index (χ3v) is 6.38. The van der Waals surface area contributed by atoms with E-state index in [1.165, 1.54) is 24.3 Å². The van der Waals surface area contributed by atoms with Gasteiger partial charge in [-0.15, -0.1) is 4.95 Å². The molecule has 0 spiro atoms. The molecule has 0 atom stereocenters. The Hall–Kier alpha value is -5.41. The SMILES string of the molecule is [C-]#[N+]/N=c1\c2cc(F)ccc2c2nc3cc4nc5c(=NC#N)c6cc(F)ccc6c5cc4cc3nc12. The first kappa shape index (κ1) is 20.0. The molecule has 0 radical (unpaired) electrons. The van der Waals surface area contributed by atoms with Gasteiger partial charge in [0.25, 0.3) is 0 Å². The van der Waals surface area contributed by atoms with Crippen molar-refractivity contribution in [2.45, 2.75) is 0 Å². The lowest BCUT2D eigenvalue weighted by Crippen LogP contribution is -2.01. The summed E-state index contributed by atoms with van der Waals surface area (Å²) in [5, 5.41) is 17.6. The fourth-order valence-electron chi connectivity index (χ4n) is 4.90. The number of rotatable bonds is 0. The molecule has 36 heavy (non-hydrogen) atoms. The molecule has 0 aliphatic rings. The van der Waals surface area contributed by atoms with Gasteiger partial charge in [0, 0.05) is 26.9 Å². The van der Waals surface area contributed by atoms with Crippen LogP contribution in [0.3, 0.4) is 0 Å². The van der Waals surface area contributed by atoms with E-state index >= 15 is 0 Å². The number of aromatic nitrogens is 3. The fraction of sp³-hybridized carbons (Fsp3) is 0. The van der Waals surface area contributed by atoms with Crippen LogP contribution in [0.1, 0.15) is 0 Å². The van der Waals surface area contributed by atoms with Crippen LogP contribution in [0.2, 0.25) is 0 Å². The molecule has 0 bridgehead atoms. The molecule has 0 unspecified atom stereocenters. The molecule has 0 saturated carbocycles. The molecule has 7 nitrogen and oxygen atoms in total. The summed E-state index contributed by atoms with van der Waals surface area (Å²) in [7, 11) is 0. The van der Waals surface area contributed by atoms with Crippen molar-refractivity contribution in [1.29, 1.82) is 5.26 Å². The Kier molecular flexibility index (Phi) is 3.92. The van der Waals surface area contributed by atoms with Gasteiger partial charge in [-0.3, -0.25) is 0 Å². The van der Waals surface area contributed by atoms with Crippen LogP contribution in [-0.4, -0.2) is 15.0 Å². The fourth-order valence-corrected chi connectivity index (χ4v) is 4.90. The van der Waals surface area contributed by atoms with Crippen LogP contribution in [0, 0.1) is 29.7 Å². The second-order valence-corrected chi connectivity index (χ2v) is 8.33. The van der Waals surface area contributed by atoms with Gasteiger partial charge >= 0.3 is 0 Å². The maximum atomic E-state index is 14.0. The molecule has 0 amide bonds. The zero-order valence-corrected chi connectivity index (χ0v) is 18.1. The molecule has 7 rings (SSSR count). The van der Waals surface area contributed by atoms with Crippen molar-refractivity contribution in [1.82, 2.24) is 15.0 Å². The molecule has 9 heteroatoms. The van der Waals surface area contributed by atoms with E-state index in [1.807, 2.05) is 12.1 Å². The van der Waals surface area contributed by atoms with Crippen molar-refractivity contribution in [2.24, 2.45) is 10.1 Å². The van der Waals surface area contributed by atoms with Crippen LogP contribution in [0.4, 0.5) is 8.78 Å². The Morgan fingerprint density at radius 3 is 2.11 bits per heavy atom. The van der Waals surface area contributed by atoms with Crippen molar-refractivity contribution in [3.05, 3.63) is 88.5 Å². The zero-order valence-electron chi connectivity index (χ0n) is 18.1. The molecule has 5 aromatic carbocycles.